The third kappa shape index (κ3) is 3.01. The number of aliphatic carboxylic acids is 1. The molecule has 104 valence electrons. The number of benzene rings is 1. The highest BCUT2D eigenvalue weighted by atomic mass is 79.9. The number of hydrogen-bond donors (Lipinski definition) is 2. The number of alkyl halides is 3. The van der Waals surface area contributed by atoms with Gasteiger partial charge in [-0.3, -0.25) is 10.1 Å². The van der Waals surface area contributed by atoms with E-state index in [1.165, 1.54) is 0 Å². The summed E-state index contributed by atoms with van der Waals surface area (Å²) in [6.45, 7) is 0. The molecule has 1 unspecified atom stereocenters. The van der Waals surface area contributed by atoms with E-state index in [1.807, 2.05) is 0 Å². The highest BCUT2D eigenvalue weighted by Gasteiger charge is 2.39. The van der Waals surface area contributed by atoms with Crippen molar-refractivity contribution in [1.29, 1.82) is 0 Å². The van der Waals surface area contributed by atoms with Crippen molar-refractivity contribution in [2.75, 3.05) is 0 Å². The fourth-order valence-electron chi connectivity index (χ4n) is 1.36. The first-order valence-electron chi connectivity index (χ1n) is 4.52. The molecule has 0 fully saturated rings. The molecule has 1 atom stereocenters. The van der Waals surface area contributed by atoms with Gasteiger partial charge in [0, 0.05) is 11.6 Å². The molecule has 0 saturated heterocycles. The molecule has 1 rings (SSSR count). The fourth-order valence-corrected chi connectivity index (χ4v) is 2.07. The van der Waals surface area contributed by atoms with Crippen LogP contribution in [0.2, 0.25) is 0 Å². The van der Waals surface area contributed by atoms with Crippen molar-refractivity contribution in [2.45, 2.75) is 12.3 Å². The van der Waals surface area contributed by atoms with Crippen LogP contribution in [0.4, 0.5) is 18.9 Å². The maximum Gasteiger partial charge on any atom is 0.416 e. The molecule has 19 heavy (non-hydrogen) atoms. The molecule has 0 bridgehead atoms. The molecule has 10 heteroatoms. The van der Waals surface area contributed by atoms with E-state index in [0.717, 1.165) is 0 Å². The molecule has 6 nitrogen and oxygen atoms in total. The SMILES string of the molecule is O=C(O)C(O)c1c(C(F)(F)F)ccc([N+](=O)[O-])c1Br. The van der Waals surface area contributed by atoms with Gasteiger partial charge in [-0.05, 0) is 22.0 Å². The lowest BCUT2D eigenvalue weighted by Gasteiger charge is -2.16. The Morgan fingerprint density at radius 2 is 1.95 bits per heavy atom. The summed E-state index contributed by atoms with van der Waals surface area (Å²) in [5, 5.41) is 28.4. The summed E-state index contributed by atoms with van der Waals surface area (Å²) >= 11 is 2.53. The molecule has 0 aliphatic heterocycles. The lowest BCUT2D eigenvalue weighted by Crippen LogP contribution is -2.18. The number of nitro benzene ring substituents is 1. The first-order valence-corrected chi connectivity index (χ1v) is 5.31. The first-order chi connectivity index (χ1) is 8.57. The summed E-state index contributed by atoms with van der Waals surface area (Å²) in [4.78, 5) is 20.2. The molecule has 0 saturated carbocycles. The van der Waals surface area contributed by atoms with Gasteiger partial charge in [-0.1, -0.05) is 0 Å². The van der Waals surface area contributed by atoms with Gasteiger partial charge >= 0.3 is 12.1 Å². The minimum Gasteiger partial charge on any atom is -0.479 e. The van der Waals surface area contributed by atoms with Gasteiger partial charge in [-0.2, -0.15) is 13.2 Å². The predicted octanol–water partition coefficient (Wildman–Crippen LogP) is 2.49. The second kappa shape index (κ2) is 5.13. The monoisotopic (exact) mass is 343 g/mol. The van der Waals surface area contributed by atoms with Crippen molar-refractivity contribution < 1.29 is 33.1 Å². The Labute approximate surface area is 111 Å². The molecule has 0 aromatic heterocycles. The van der Waals surface area contributed by atoms with Crippen LogP contribution in [0.25, 0.3) is 0 Å². The molecule has 2 N–H and O–H groups in total. The smallest absolute Gasteiger partial charge is 0.416 e. The van der Waals surface area contributed by atoms with Gasteiger partial charge in [-0.25, -0.2) is 4.79 Å². The average molecular weight is 344 g/mol. The lowest BCUT2D eigenvalue weighted by molar-refractivity contribution is -0.385. The van der Waals surface area contributed by atoms with Crippen molar-refractivity contribution >= 4 is 27.6 Å². The largest absolute Gasteiger partial charge is 0.479 e. The fraction of sp³-hybridized carbons (Fsp3) is 0.222. The maximum absolute atomic E-state index is 12.7. The highest BCUT2D eigenvalue weighted by Crippen LogP contribution is 2.42. The molecular weight excluding hydrogens is 339 g/mol. The number of rotatable bonds is 3. The van der Waals surface area contributed by atoms with Crippen LogP contribution in [0.5, 0.6) is 0 Å². The summed E-state index contributed by atoms with van der Waals surface area (Å²) in [6, 6.07) is 0.926. The van der Waals surface area contributed by atoms with Gasteiger partial charge in [-0.15, -0.1) is 0 Å². The zero-order valence-corrected chi connectivity index (χ0v) is 10.4. The van der Waals surface area contributed by atoms with E-state index < -0.39 is 44.5 Å². The second-order valence-electron chi connectivity index (χ2n) is 3.36. The second-order valence-corrected chi connectivity index (χ2v) is 4.15. The first kappa shape index (κ1) is 15.4. The number of nitro groups is 1. The van der Waals surface area contributed by atoms with Crippen LogP contribution in [0.1, 0.15) is 17.2 Å². The zero-order chi connectivity index (χ0) is 15.0. The quantitative estimate of drug-likeness (QED) is 0.648. The summed E-state index contributed by atoms with van der Waals surface area (Å²) in [5.41, 5.74) is -3.34. The van der Waals surface area contributed by atoms with E-state index in [0.29, 0.717) is 12.1 Å². The third-order valence-electron chi connectivity index (χ3n) is 2.17. The van der Waals surface area contributed by atoms with Gasteiger partial charge in [0.25, 0.3) is 5.69 Å². The highest BCUT2D eigenvalue weighted by molar-refractivity contribution is 9.10. The van der Waals surface area contributed by atoms with Crippen LogP contribution in [0, 0.1) is 10.1 Å². The summed E-state index contributed by atoms with van der Waals surface area (Å²) in [6.07, 6.45) is -7.49. The minimum atomic E-state index is -4.95. The topological polar surface area (TPSA) is 101 Å². The van der Waals surface area contributed by atoms with Gasteiger partial charge in [0.1, 0.15) is 4.47 Å². The Balaban J connectivity index is 3.65. The van der Waals surface area contributed by atoms with E-state index in [2.05, 4.69) is 15.9 Å². The minimum absolute atomic E-state index is 0.352. The van der Waals surface area contributed by atoms with Crippen LogP contribution < -0.4 is 0 Å². The van der Waals surface area contributed by atoms with Crippen LogP contribution in [-0.2, 0) is 11.0 Å². The molecule has 0 aliphatic rings. The maximum atomic E-state index is 12.7. The van der Waals surface area contributed by atoms with Crippen molar-refractivity contribution in [3.8, 4) is 0 Å². The summed E-state index contributed by atoms with van der Waals surface area (Å²) in [7, 11) is 0. The number of hydrogen-bond acceptors (Lipinski definition) is 4. The van der Waals surface area contributed by atoms with E-state index in [-0.39, 0.29) is 0 Å². The van der Waals surface area contributed by atoms with Gasteiger partial charge in [0.2, 0.25) is 0 Å². The molecule has 0 amide bonds. The number of carboxylic acids is 1. The van der Waals surface area contributed by atoms with Crippen LogP contribution in [-0.4, -0.2) is 21.1 Å². The van der Waals surface area contributed by atoms with Crippen molar-refractivity contribution in [2.24, 2.45) is 0 Å². The molecule has 0 spiro atoms. The normalized spacial score (nSPS) is 13.1. The Morgan fingerprint density at radius 3 is 2.32 bits per heavy atom. The molecule has 1 aromatic carbocycles. The van der Waals surface area contributed by atoms with Crippen LogP contribution in [0.15, 0.2) is 16.6 Å². The van der Waals surface area contributed by atoms with Crippen LogP contribution in [0.3, 0.4) is 0 Å². The van der Waals surface area contributed by atoms with Crippen molar-refractivity contribution in [1.82, 2.24) is 0 Å². The van der Waals surface area contributed by atoms with Crippen molar-refractivity contribution in [3.05, 3.63) is 37.8 Å². The number of nitrogens with zero attached hydrogens (tertiary/aromatic N) is 1. The van der Waals surface area contributed by atoms with Crippen LogP contribution >= 0.6 is 15.9 Å². The third-order valence-corrected chi connectivity index (χ3v) is 3.00. The van der Waals surface area contributed by atoms with Gasteiger partial charge < -0.3 is 10.2 Å². The Kier molecular flexibility index (Phi) is 4.15. The number of carboxylic acid groups (broad SMARTS) is 1. The lowest BCUT2D eigenvalue weighted by atomic mass is 10.0. The van der Waals surface area contributed by atoms with E-state index in [1.54, 1.807) is 0 Å². The van der Waals surface area contributed by atoms with E-state index in [9.17, 15) is 33.2 Å². The standard InChI is InChI=1S/C9H5BrF3NO5/c10-6-4(14(18)19)2-1-3(9(11,12)13)5(6)7(15)8(16)17/h1-2,7,15H,(H,16,17). The molecule has 0 heterocycles. The Morgan fingerprint density at radius 1 is 1.42 bits per heavy atom. The van der Waals surface area contributed by atoms with Gasteiger partial charge in [0.05, 0.1) is 10.5 Å². The average Bonchev–Trinajstić information content (AvgIpc) is 2.25. The van der Waals surface area contributed by atoms with E-state index in [4.69, 9.17) is 5.11 Å². The zero-order valence-electron chi connectivity index (χ0n) is 8.81. The number of aliphatic hydroxyl groups is 1. The van der Waals surface area contributed by atoms with Crippen molar-refractivity contribution in [3.63, 3.8) is 0 Å². The Bertz CT molecular complexity index is 545. The predicted molar refractivity (Wildman–Crippen MR) is 58.4 cm³/mol. The summed E-state index contributed by atoms with van der Waals surface area (Å²) in [5.74, 6) is -1.95. The number of carbonyl (C=O) groups is 1. The van der Waals surface area contributed by atoms with E-state index >= 15 is 0 Å². The van der Waals surface area contributed by atoms with Gasteiger partial charge in [0.15, 0.2) is 6.10 Å². The molecule has 0 radical (unpaired) electrons. The molecule has 0 aliphatic carbocycles. The number of aliphatic hydroxyl groups excluding tert-OH is 1. The number of halogens is 4. The summed E-state index contributed by atoms with van der Waals surface area (Å²) < 4.78 is 37.4. The molecule has 1 aromatic rings. The molecular formula is C9H5BrF3NO5. The Hall–Kier alpha value is -1.68.